The fourth-order valence-corrected chi connectivity index (χ4v) is 4.58. The summed E-state index contributed by atoms with van der Waals surface area (Å²) in [5.74, 6) is 0.753. The molecule has 4 nitrogen and oxygen atoms in total. The Labute approximate surface area is 163 Å². The summed E-state index contributed by atoms with van der Waals surface area (Å²) >= 11 is 4.87. The third-order valence-electron chi connectivity index (χ3n) is 3.40. The molecule has 0 aliphatic rings. The van der Waals surface area contributed by atoms with Crippen molar-refractivity contribution in [3.8, 4) is 10.7 Å². The molecule has 0 saturated heterocycles. The second kappa shape index (κ2) is 8.27. The summed E-state index contributed by atoms with van der Waals surface area (Å²) in [6.45, 7) is 0. The third kappa shape index (κ3) is 4.01. The average molecular weight is 395 g/mol. The third-order valence-corrected chi connectivity index (χ3v) is 6.24. The van der Waals surface area contributed by atoms with Gasteiger partial charge in [0.15, 0.2) is 5.82 Å². The van der Waals surface area contributed by atoms with Crippen LogP contribution in [0.5, 0.6) is 0 Å². The van der Waals surface area contributed by atoms with Crippen LogP contribution in [0.2, 0.25) is 0 Å². The summed E-state index contributed by atoms with van der Waals surface area (Å²) in [6, 6.07) is 18.3. The Bertz CT molecular complexity index is 1000. The van der Waals surface area contributed by atoms with Crippen LogP contribution in [0.15, 0.2) is 85.9 Å². The zero-order valence-electron chi connectivity index (χ0n) is 13.6. The van der Waals surface area contributed by atoms with Crippen molar-refractivity contribution in [3.63, 3.8) is 0 Å². The van der Waals surface area contributed by atoms with Crippen molar-refractivity contribution in [2.45, 2.75) is 9.37 Å². The lowest BCUT2D eigenvalue weighted by Gasteiger charge is -2.01. The van der Waals surface area contributed by atoms with E-state index in [0.29, 0.717) is 0 Å². The molecule has 0 aliphatic carbocycles. The molecular formula is C19H14N4S3. The van der Waals surface area contributed by atoms with Crippen LogP contribution in [0.25, 0.3) is 16.8 Å². The number of hydrogen-bond donors (Lipinski definition) is 0. The molecule has 0 bridgehead atoms. The van der Waals surface area contributed by atoms with Crippen molar-refractivity contribution >= 4 is 46.7 Å². The van der Waals surface area contributed by atoms with Crippen molar-refractivity contribution in [1.29, 1.82) is 0 Å². The monoisotopic (exact) mass is 394 g/mol. The highest BCUT2D eigenvalue weighted by Gasteiger charge is 2.15. The van der Waals surface area contributed by atoms with E-state index in [1.165, 1.54) is 0 Å². The number of aromatic nitrogens is 3. The van der Waals surface area contributed by atoms with Crippen molar-refractivity contribution in [2.24, 2.45) is 5.10 Å². The lowest BCUT2D eigenvalue weighted by Crippen LogP contribution is -1.94. The molecular weight excluding hydrogens is 380 g/mol. The first-order valence-electron chi connectivity index (χ1n) is 7.87. The van der Waals surface area contributed by atoms with Gasteiger partial charge in [-0.2, -0.15) is 9.78 Å². The molecule has 4 rings (SSSR count). The summed E-state index contributed by atoms with van der Waals surface area (Å²) in [7, 11) is 0. The quantitative estimate of drug-likeness (QED) is 0.390. The molecule has 1 aromatic carbocycles. The molecule has 7 heteroatoms. The standard InChI is InChI=1S/C19H14N4S3/c1-2-7-15(8-3-1)9-4-12-20-23-18(16-10-5-13-24-16)21-22-19(23)26-17-11-6-14-25-17/h1-14H/b9-4+,20-12-. The normalized spacial score (nSPS) is 11.7. The van der Waals surface area contributed by atoms with E-state index in [1.54, 1.807) is 45.3 Å². The predicted octanol–water partition coefficient (Wildman–Crippen LogP) is 5.77. The number of nitrogens with zero attached hydrogens (tertiary/aromatic N) is 4. The Balaban J connectivity index is 1.62. The number of thiophene rings is 2. The summed E-state index contributed by atoms with van der Waals surface area (Å²) in [4.78, 5) is 1.04. The Morgan fingerprint density at radius 3 is 2.54 bits per heavy atom. The van der Waals surface area contributed by atoms with E-state index in [4.69, 9.17) is 0 Å². The zero-order valence-corrected chi connectivity index (χ0v) is 16.0. The van der Waals surface area contributed by atoms with Gasteiger partial charge < -0.3 is 0 Å². The highest BCUT2D eigenvalue weighted by molar-refractivity contribution is 8.01. The minimum absolute atomic E-state index is 0.750. The Morgan fingerprint density at radius 1 is 0.923 bits per heavy atom. The van der Waals surface area contributed by atoms with Gasteiger partial charge in [-0.1, -0.05) is 48.5 Å². The van der Waals surface area contributed by atoms with E-state index >= 15 is 0 Å². The molecule has 0 saturated carbocycles. The van der Waals surface area contributed by atoms with Crippen LogP contribution in [-0.2, 0) is 0 Å². The molecule has 0 unspecified atom stereocenters. The summed E-state index contributed by atoms with van der Waals surface area (Å²) in [6.07, 6.45) is 5.71. The van der Waals surface area contributed by atoms with Crippen LogP contribution in [0.3, 0.4) is 0 Å². The maximum absolute atomic E-state index is 4.59. The van der Waals surface area contributed by atoms with Gasteiger partial charge in [0.25, 0.3) is 0 Å². The first-order valence-corrected chi connectivity index (χ1v) is 10.4. The molecule has 3 heterocycles. The summed E-state index contributed by atoms with van der Waals surface area (Å²) in [5, 5.41) is 18.1. The summed E-state index contributed by atoms with van der Waals surface area (Å²) < 4.78 is 2.96. The predicted molar refractivity (Wildman–Crippen MR) is 111 cm³/mol. The first kappa shape index (κ1) is 17.0. The molecule has 0 fully saturated rings. The largest absolute Gasteiger partial charge is 0.217 e. The maximum atomic E-state index is 4.59. The fourth-order valence-electron chi connectivity index (χ4n) is 2.23. The van der Waals surface area contributed by atoms with E-state index in [1.807, 2.05) is 53.9 Å². The van der Waals surface area contributed by atoms with Gasteiger partial charge in [0, 0.05) is 6.21 Å². The van der Waals surface area contributed by atoms with E-state index in [2.05, 4.69) is 38.9 Å². The van der Waals surface area contributed by atoms with Crippen LogP contribution < -0.4 is 0 Å². The number of hydrogen-bond acceptors (Lipinski definition) is 6. The van der Waals surface area contributed by atoms with Crippen LogP contribution >= 0.6 is 34.4 Å². The van der Waals surface area contributed by atoms with Crippen LogP contribution in [-0.4, -0.2) is 21.1 Å². The topological polar surface area (TPSA) is 43.1 Å². The minimum atomic E-state index is 0.750. The molecule has 128 valence electrons. The van der Waals surface area contributed by atoms with Gasteiger partial charge in [-0.25, -0.2) is 0 Å². The van der Waals surface area contributed by atoms with Gasteiger partial charge in [0.05, 0.1) is 9.09 Å². The van der Waals surface area contributed by atoms with Gasteiger partial charge in [-0.05, 0) is 46.3 Å². The molecule has 4 aromatic rings. The van der Waals surface area contributed by atoms with Crippen molar-refractivity contribution in [3.05, 3.63) is 77.0 Å². The minimum Gasteiger partial charge on any atom is -0.186 e. The lowest BCUT2D eigenvalue weighted by molar-refractivity contribution is 0.775. The average Bonchev–Trinajstić information content (AvgIpc) is 3.42. The molecule has 0 atom stereocenters. The Kier molecular flexibility index (Phi) is 5.39. The molecule has 3 aromatic heterocycles. The van der Waals surface area contributed by atoms with E-state index in [0.717, 1.165) is 25.6 Å². The first-order chi connectivity index (χ1) is 12.9. The zero-order chi connectivity index (χ0) is 17.6. The van der Waals surface area contributed by atoms with Crippen LogP contribution in [0.1, 0.15) is 5.56 Å². The molecule has 0 radical (unpaired) electrons. The van der Waals surface area contributed by atoms with Crippen LogP contribution in [0.4, 0.5) is 0 Å². The maximum Gasteiger partial charge on any atom is 0.217 e. The van der Waals surface area contributed by atoms with Gasteiger partial charge in [0.2, 0.25) is 5.16 Å². The number of rotatable bonds is 6. The fraction of sp³-hybridized carbons (Fsp3) is 0. The van der Waals surface area contributed by atoms with Gasteiger partial charge in [0.1, 0.15) is 0 Å². The Hall–Kier alpha value is -2.48. The van der Waals surface area contributed by atoms with Crippen molar-refractivity contribution in [2.75, 3.05) is 0 Å². The van der Waals surface area contributed by atoms with Gasteiger partial charge in [-0.15, -0.1) is 32.9 Å². The molecule has 0 N–H and O–H groups in total. The highest BCUT2D eigenvalue weighted by Crippen LogP contribution is 2.33. The summed E-state index contributed by atoms with van der Waals surface area (Å²) in [5.41, 5.74) is 1.13. The molecule has 0 aliphatic heterocycles. The highest BCUT2D eigenvalue weighted by atomic mass is 32.2. The van der Waals surface area contributed by atoms with E-state index in [9.17, 15) is 0 Å². The van der Waals surface area contributed by atoms with Crippen molar-refractivity contribution in [1.82, 2.24) is 14.9 Å². The van der Waals surface area contributed by atoms with Gasteiger partial charge in [-0.3, -0.25) is 0 Å². The van der Waals surface area contributed by atoms with Crippen LogP contribution in [0, 0.1) is 0 Å². The number of benzene rings is 1. The lowest BCUT2D eigenvalue weighted by atomic mass is 10.2. The SMILES string of the molecule is C(/C=C/c1ccccc1)=N/n1c(Sc2cccs2)nnc1-c1cccs1. The van der Waals surface area contributed by atoms with Gasteiger partial charge >= 0.3 is 0 Å². The second-order valence-corrected chi connectivity index (χ2v) is 8.33. The smallest absolute Gasteiger partial charge is 0.186 e. The number of allylic oxidation sites excluding steroid dienone is 1. The van der Waals surface area contributed by atoms with E-state index in [-0.39, 0.29) is 0 Å². The molecule has 26 heavy (non-hydrogen) atoms. The van der Waals surface area contributed by atoms with Crippen molar-refractivity contribution < 1.29 is 0 Å². The molecule has 0 amide bonds. The van der Waals surface area contributed by atoms with E-state index < -0.39 is 0 Å². The Morgan fingerprint density at radius 2 is 1.77 bits per heavy atom. The molecule has 0 spiro atoms. The second-order valence-electron chi connectivity index (χ2n) is 5.16.